The van der Waals surface area contributed by atoms with E-state index in [-0.39, 0.29) is 34.7 Å². The quantitative estimate of drug-likeness (QED) is 0.406. The van der Waals surface area contributed by atoms with Crippen molar-refractivity contribution in [3.8, 4) is 11.4 Å². The first kappa shape index (κ1) is 22.1. The van der Waals surface area contributed by atoms with Crippen LogP contribution in [0.3, 0.4) is 0 Å². The Labute approximate surface area is 201 Å². The summed E-state index contributed by atoms with van der Waals surface area (Å²) in [4.78, 5) is 47.4. The molecule has 10 heteroatoms. The van der Waals surface area contributed by atoms with E-state index in [2.05, 4.69) is 30.6 Å². The Kier molecular flexibility index (Phi) is 6.08. The summed E-state index contributed by atoms with van der Waals surface area (Å²) in [7, 11) is 0. The van der Waals surface area contributed by atoms with Gasteiger partial charge in [-0.2, -0.15) is 0 Å². The van der Waals surface area contributed by atoms with E-state index < -0.39 is 5.91 Å². The minimum Gasteiger partial charge on any atom is -0.383 e. The fourth-order valence-electron chi connectivity index (χ4n) is 4.04. The van der Waals surface area contributed by atoms with Crippen molar-refractivity contribution in [1.29, 1.82) is 0 Å². The zero-order valence-electron chi connectivity index (χ0n) is 18.7. The third kappa shape index (κ3) is 4.67. The number of fused-ring (bicyclic) bond motifs is 1. The number of pyridine rings is 3. The van der Waals surface area contributed by atoms with Crippen molar-refractivity contribution in [2.45, 2.75) is 25.3 Å². The van der Waals surface area contributed by atoms with Crippen molar-refractivity contribution in [1.82, 2.24) is 30.2 Å². The number of rotatable bonds is 5. The van der Waals surface area contributed by atoms with E-state index in [1.54, 1.807) is 42.9 Å². The third-order valence-corrected chi connectivity index (χ3v) is 5.77. The van der Waals surface area contributed by atoms with Crippen molar-refractivity contribution < 1.29 is 9.59 Å². The lowest BCUT2D eigenvalue weighted by molar-refractivity contribution is 0.0933. The Morgan fingerprint density at radius 1 is 0.914 bits per heavy atom. The van der Waals surface area contributed by atoms with Gasteiger partial charge in [0.05, 0.1) is 17.2 Å². The maximum absolute atomic E-state index is 13.2. The fourth-order valence-corrected chi connectivity index (χ4v) is 4.04. The molecule has 10 nitrogen and oxygen atoms in total. The van der Waals surface area contributed by atoms with Gasteiger partial charge < -0.3 is 16.4 Å². The maximum Gasteiger partial charge on any atom is 0.260 e. The van der Waals surface area contributed by atoms with Crippen LogP contribution in [0.15, 0.2) is 67.4 Å². The second kappa shape index (κ2) is 9.64. The predicted octanol–water partition coefficient (Wildman–Crippen LogP) is 2.97. The zero-order chi connectivity index (χ0) is 24.2. The number of nitrogens with zero attached hydrogens (tertiary/aromatic N) is 5. The summed E-state index contributed by atoms with van der Waals surface area (Å²) in [6, 6.07) is 9.91. The molecule has 35 heavy (non-hydrogen) atoms. The molecule has 174 valence electrons. The molecule has 0 bridgehead atoms. The molecule has 4 N–H and O–H groups in total. The Balaban J connectivity index is 1.36. The number of anilines is 2. The highest BCUT2D eigenvalue weighted by Gasteiger charge is 2.26. The zero-order valence-corrected chi connectivity index (χ0v) is 18.7. The highest BCUT2D eigenvalue weighted by molar-refractivity contribution is 6.10. The van der Waals surface area contributed by atoms with Crippen LogP contribution in [0.2, 0.25) is 0 Å². The average molecular weight is 467 g/mol. The molecule has 0 aliphatic heterocycles. The predicted molar refractivity (Wildman–Crippen MR) is 129 cm³/mol. The summed E-state index contributed by atoms with van der Waals surface area (Å²) >= 11 is 0. The van der Waals surface area contributed by atoms with Gasteiger partial charge in [-0.1, -0.05) is 0 Å². The first-order chi connectivity index (χ1) is 17.1. The fraction of sp³-hybridized carbons (Fsp3) is 0.160. The molecule has 5 rings (SSSR count). The van der Waals surface area contributed by atoms with Crippen LogP contribution >= 0.6 is 0 Å². The van der Waals surface area contributed by atoms with Crippen LogP contribution < -0.4 is 16.4 Å². The maximum atomic E-state index is 13.2. The van der Waals surface area contributed by atoms with Crippen molar-refractivity contribution in [2.75, 3.05) is 11.1 Å². The first-order valence-electron chi connectivity index (χ1n) is 11.1. The smallest absolute Gasteiger partial charge is 0.260 e. The Morgan fingerprint density at radius 2 is 1.71 bits per heavy atom. The molecule has 0 aromatic carbocycles. The molecule has 0 spiro atoms. The topological polar surface area (TPSA) is 149 Å². The molecule has 0 radical (unpaired) electrons. The molecule has 0 unspecified atom stereocenters. The molecule has 2 amide bonds. The van der Waals surface area contributed by atoms with Gasteiger partial charge in [0.15, 0.2) is 5.82 Å². The molecule has 1 aliphatic carbocycles. The minimum atomic E-state index is -0.498. The minimum absolute atomic E-state index is 0.0939. The highest BCUT2D eigenvalue weighted by Crippen LogP contribution is 2.30. The van der Waals surface area contributed by atoms with E-state index in [1.807, 2.05) is 12.1 Å². The van der Waals surface area contributed by atoms with Crippen LogP contribution in [0.4, 0.5) is 11.6 Å². The molecular formula is C25H22N8O2. The standard InChI is InChI=1S/C25H22N8O2/c26-21-16(6-3-11-28-21)24(34)33-23-17(7-4-12-29-23)25(35)32-20-9-1-8-19-18(20)14-30-22(31-19)15-5-2-10-27-13-15/h2-7,10-14,20H,1,8-9H2,(H2,26,28)(H,32,35)(H,29,33,34)/t20-/m0/s1. The molecule has 0 saturated carbocycles. The van der Waals surface area contributed by atoms with Gasteiger partial charge in [0.25, 0.3) is 11.8 Å². The SMILES string of the molecule is Nc1ncccc1C(=O)Nc1ncccc1C(=O)N[C@H]1CCCc2nc(-c3cccnc3)ncc21. The van der Waals surface area contributed by atoms with Gasteiger partial charge in [0, 0.05) is 47.8 Å². The van der Waals surface area contributed by atoms with Gasteiger partial charge >= 0.3 is 0 Å². The number of aryl methyl sites for hydroxylation is 1. The van der Waals surface area contributed by atoms with Crippen LogP contribution in [0.25, 0.3) is 11.4 Å². The summed E-state index contributed by atoms with van der Waals surface area (Å²) in [5, 5.41) is 5.72. The van der Waals surface area contributed by atoms with Crippen LogP contribution in [0.1, 0.15) is 50.9 Å². The molecule has 4 aromatic rings. The van der Waals surface area contributed by atoms with Crippen LogP contribution in [-0.2, 0) is 6.42 Å². The lowest BCUT2D eigenvalue weighted by Gasteiger charge is -2.26. The van der Waals surface area contributed by atoms with E-state index in [4.69, 9.17) is 10.7 Å². The van der Waals surface area contributed by atoms with E-state index in [0.717, 1.165) is 36.1 Å². The van der Waals surface area contributed by atoms with Crippen LogP contribution in [0, 0.1) is 0 Å². The second-order valence-electron chi connectivity index (χ2n) is 8.05. The van der Waals surface area contributed by atoms with E-state index in [9.17, 15) is 9.59 Å². The van der Waals surface area contributed by atoms with E-state index in [0.29, 0.717) is 5.82 Å². The molecule has 4 heterocycles. The van der Waals surface area contributed by atoms with Crippen molar-refractivity contribution in [2.24, 2.45) is 0 Å². The number of aromatic nitrogens is 5. The summed E-state index contributed by atoms with van der Waals surface area (Å²) in [5.41, 5.74) is 8.87. The highest BCUT2D eigenvalue weighted by atomic mass is 16.2. The molecular weight excluding hydrogens is 444 g/mol. The van der Waals surface area contributed by atoms with Gasteiger partial charge in [-0.15, -0.1) is 0 Å². The number of carbonyl (C=O) groups is 2. The average Bonchev–Trinajstić information content (AvgIpc) is 2.89. The van der Waals surface area contributed by atoms with Gasteiger partial charge in [-0.05, 0) is 55.7 Å². The number of nitrogens with one attached hydrogen (secondary N) is 2. The van der Waals surface area contributed by atoms with Crippen molar-refractivity contribution in [3.05, 3.63) is 89.8 Å². The van der Waals surface area contributed by atoms with Crippen molar-refractivity contribution in [3.63, 3.8) is 0 Å². The number of hydrogen-bond donors (Lipinski definition) is 3. The summed E-state index contributed by atoms with van der Waals surface area (Å²) < 4.78 is 0. The van der Waals surface area contributed by atoms with Crippen molar-refractivity contribution >= 4 is 23.5 Å². The van der Waals surface area contributed by atoms with Gasteiger partial charge in [0.1, 0.15) is 11.6 Å². The summed E-state index contributed by atoms with van der Waals surface area (Å²) in [6.07, 6.45) is 10.6. The number of hydrogen-bond acceptors (Lipinski definition) is 8. The first-order valence-corrected chi connectivity index (χ1v) is 11.1. The monoisotopic (exact) mass is 466 g/mol. The second-order valence-corrected chi connectivity index (χ2v) is 8.05. The Hall–Kier alpha value is -4.73. The Morgan fingerprint density at radius 3 is 2.51 bits per heavy atom. The number of nitrogens with two attached hydrogens (primary N) is 1. The molecule has 0 fully saturated rings. The lowest BCUT2D eigenvalue weighted by Crippen LogP contribution is -2.32. The summed E-state index contributed by atoms with van der Waals surface area (Å²) in [6.45, 7) is 0. The molecule has 1 atom stereocenters. The molecule has 0 saturated heterocycles. The normalized spacial score (nSPS) is 14.6. The molecule has 4 aromatic heterocycles. The number of amides is 2. The molecule has 1 aliphatic rings. The van der Waals surface area contributed by atoms with Crippen LogP contribution in [-0.4, -0.2) is 36.7 Å². The van der Waals surface area contributed by atoms with Crippen LogP contribution in [0.5, 0.6) is 0 Å². The van der Waals surface area contributed by atoms with E-state index >= 15 is 0 Å². The largest absolute Gasteiger partial charge is 0.383 e. The third-order valence-electron chi connectivity index (χ3n) is 5.77. The van der Waals surface area contributed by atoms with Gasteiger partial charge in [-0.3, -0.25) is 14.6 Å². The lowest BCUT2D eigenvalue weighted by atomic mass is 9.92. The van der Waals surface area contributed by atoms with E-state index in [1.165, 1.54) is 12.4 Å². The number of carbonyl (C=O) groups excluding carboxylic acids is 2. The Bertz CT molecular complexity index is 1390. The van der Waals surface area contributed by atoms with Gasteiger partial charge in [-0.25, -0.2) is 19.9 Å². The number of nitrogen functional groups attached to an aromatic ring is 1. The van der Waals surface area contributed by atoms with Gasteiger partial charge in [0.2, 0.25) is 0 Å². The summed E-state index contributed by atoms with van der Waals surface area (Å²) in [5.74, 6) is -0.0194.